The first-order valence-electron chi connectivity index (χ1n) is 9.46. The largest absolute Gasteiger partial charge is 0.352 e. The van der Waals surface area contributed by atoms with Gasteiger partial charge in [-0.15, -0.1) is 11.3 Å². The van der Waals surface area contributed by atoms with Crippen molar-refractivity contribution in [1.82, 2.24) is 15.0 Å². The van der Waals surface area contributed by atoms with Crippen molar-refractivity contribution in [2.24, 2.45) is 0 Å². The van der Waals surface area contributed by atoms with Crippen molar-refractivity contribution in [3.8, 4) is 11.3 Å². The van der Waals surface area contributed by atoms with E-state index in [1.54, 1.807) is 11.3 Å². The maximum atomic E-state index is 4.71. The van der Waals surface area contributed by atoms with Crippen LogP contribution in [0.25, 0.3) is 21.5 Å². The van der Waals surface area contributed by atoms with Crippen LogP contribution in [0.4, 0.5) is 17.5 Å². The van der Waals surface area contributed by atoms with E-state index in [9.17, 15) is 0 Å². The topological polar surface area (TPSA) is 62.7 Å². The van der Waals surface area contributed by atoms with Crippen molar-refractivity contribution >= 4 is 39.0 Å². The molecule has 0 saturated heterocycles. The van der Waals surface area contributed by atoms with Gasteiger partial charge in [-0.2, -0.15) is 4.98 Å². The summed E-state index contributed by atoms with van der Waals surface area (Å²) in [6.45, 7) is 6.30. The molecule has 0 fully saturated rings. The molecule has 4 rings (SSSR count). The zero-order chi connectivity index (χ0) is 19.5. The fraction of sp³-hybridized carbons (Fsp3) is 0.227. The molecule has 0 aliphatic heterocycles. The summed E-state index contributed by atoms with van der Waals surface area (Å²) in [6.07, 6.45) is 1.00. The van der Waals surface area contributed by atoms with Gasteiger partial charge in [0.1, 0.15) is 5.82 Å². The van der Waals surface area contributed by atoms with Gasteiger partial charge >= 0.3 is 0 Å². The second-order valence-electron chi connectivity index (χ2n) is 6.82. The Morgan fingerprint density at radius 2 is 1.82 bits per heavy atom. The number of benzene rings is 2. The quantitative estimate of drug-likeness (QED) is 0.422. The van der Waals surface area contributed by atoms with Crippen LogP contribution in [0, 0.1) is 6.92 Å². The summed E-state index contributed by atoms with van der Waals surface area (Å²) in [4.78, 5) is 14.0. The van der Waals surface area contributed by atoms with E-state index < -0.39 is 0 Å². The Hall–Kier alpha value is -2.99. The maximum absolute atomic E-state index is 4.71. The number of nitrogens with zero attached hydrogens (tertiary/aromatic N) is 3. The van der Waals surface area contributed by atoms with E-state index in [1.165, 1.54) is 4.70 Å². The summed E-state index contributed by atoms with van der Waals surface area (Å²) in [5.74, 6) is 1.38. The van der Waals surface area contributed by atoms with Gasteiger partial charge in [0.2, 0.25) is 5.95 Å². The van der Waals surface area contributed by atoms with Crippen LogP contribution in [-0.2, 0) is 0 Å². The molecule has 142 valence electrons. The number of hydrogen-bond acceptors (Lipinski definition) is 6. The molecule has 0 spiro atoms. The average molecular weight is 390 g/mol. The molecule has 2 aromatic carbocycles. The average Bonchev–Trinajstić information content (AvgIpc) is 3.07. The Morgan fingerprint density at radius 1 is 1.00 bits per heavy atom. The number of nitrogens with one attached hydrogen (secondary N) is 2. The van der Waals surface area contributed by atoms with Crippen LogP contribution < -0.4 is 10.6 Å². The summed E-state index contributed by atoms with van der Waals surface area (Å²) in [5.41, 5.74) is 3.91. The predicted molar refractivity (Wildman–Crippen MR) is 118 cm³/mol. The molecule has 1 atom stereocenters. The summed E-state index contributed by atoms with van der Waals surface area (Å²) in [5, 5.41) is 7.88. The number of anilines is 3. The molecule has 0 aliphatic rings. The normalized spacial score (nSPS) is 12.1. The first-order chi connectivity index (χ1) is 13.6. The summed E-state index contributed by atoms with van der Waals surface area (Å²) in [7, 11) is 0. The van der Waals surface area contributed by atoms with E-state index in [1.807, 2.05) is 31.2 Å². The summed E-state index contributed by atoms with van der Waals surface area (Å²) >= 11 is 1.70. The molecule has 0 unspecified atom stereocenters. The predicted octanol–water partition coefficient (Wildman–Crippen LogP) is 6.02. The number of aryl methyl sites for hydroxylation is 1. The van der Waals surface area contributed by atoms with Crippen molar-refractivity contribution in [3.63, 3.8) is 0 Å². The van der Waals surface area contributed by atoms with Crippen LogP contribution in [0.1, 0.15) is 25.3 Å². The first kappa shape index (κ1) is 18.4. The summed E-state index contributed by atoms with van der Waals surface area (Å²) < 4.78 is 1.19. The number of fused-ring (bicyclic) bond motifs is 1. The minimum absolute atomic E-state index is 0.299. The fourth-order valence-electron chi connectivity index (χ4n) is 2.92. The minimum Gasteiger partial charge on any atom is -0.352 e. The van der Waals surface area contributed by atoms with Crippen molar-refractivity contribution in [2.45, 2.75) is 33.2 Å². The first-order valence-corrected chi connectivity index (χ1v) is 10.3. The molecule has 2 N–H and O–H groups in total. The number of hydrogen-bond donors (Lipinski definition) is 2. The van der Waals surface area contributed by atoms with Gasteiger partial charge in [0.05, 0.1) is 20.9 Å². The Morgan fingerprint density at radius 3 is 2.61 bits per heavy atom. The maximum Gasteiger partial charge on any atom is 0.225 e. The van der Waals surface area contributed by atoms with E-state index in [4.69, 9.17) is 4.98 Å². The second kappa shape index (κ2) is 7.94. The smallest absolute Gasteiger partial charge is 0.225 e. The van der Waals surface area contributed by atoms with E-state index in [0.717, 1.165) is 39.7 Å². The van der Waals surface area contributed by atoms with Crippen LogP contribution in [0.15, 0.2) is 54.6 Å². The Labute approximate surface area is 168 Å². The van der Waals surface area contributed by atoms with Crippen molar-refractivity contribution < 1.29 is 0 Å². The van der Waals surface area contributed by atoms with Gasteiger partial charge in [0.25, 0.3) is 0 Å². The highest BCUT2D eigenvalue weighted by atomic mass is 32.1. The monoisotopic (exact) mass is 389 g/mol. The summed E-state index contributed by atoms with van der Waals surface area (Å²) in [6, 6.07) is 18.7. The highest BCUT2D eigenvalue weighted by Crippen LogP contribution is 2.28. The van der Waals surface area contributed by atoms with Gasteiger partial charge in [-0.3, -0.25) is 0 Å². The van der Waals surface area contributed by atoms with Crippen molar-refractivity contribution in [1.29, 1.82) is 0 Å². The number of aromatic nitrogens is 3. The molecule has 0 bridgehead atoms. The lowest BCUT2D eigenvalue weighted by molar-refractivity contribution is 0.753. The third-order valence-electron chi connectivity index (χ3n) is 4.55. The van der Waals surface area contributed by atoms with E-state index >= 15 is 0 Å². The number of rotatable bonds is 6. The minimum atomic E-state index is 0.299. The van der Waals surface area contributed by atoms with Crippen LogP contribution in [0.3, 0.4) is 0 Å². The molecular weight excluding hydrogens is 366 g/mol. The highest BCUT2D eigenvalue weighted by molar-refractivity contribution is 7.18. The van der Waals surface area contributed by atoms with E-state index in [0.29, 0.717) is 12.0 Å². The Kier molecular flexibility index (Phi) is 5.21. The third-order valence-corrected chi connectivity index (χ3v) is 5.50. The molecule has 5 nitrogen and oxygen atoms in total. The third kappa shape index (κ3) is 4.12. The van der Waals surface area contributed by atoms with Crippen molar-refractivity contribution in [2.75, 3.05) is 10.6 Å². The van der Waals surface area contributed by atoms with Gasteiger partial charge in [0.15, 0.2) is 0 Å². The fourth-order valence-corrected chi connectivity index (χ4v) is 3.73. The molecule has 0 amide bonds. The van der Waals surface area contributed by atoms with Gasteiger partial charge in [-0.1, -0.05) is 37.3 Å². The Bertz CT molecular complexity index is 1090. The number of thiazole rings is 1. The molecule has 28 heavy (non-hydrogen) atoms. The molecular formula is C22H23N5S. The van der Waals surface area contributed by atoms with Gasteiger partial charge in [0, 0.05) is 23.4 Å². The molecule has 0 aliphatic carbocycles. The van der Waals surface area contributed by atoms with Crippen LogP contribution in [-0.4, -0.2) is 21.0 Å². The SMILES string of the molecule is CC[C@H](C)Nc1nc(Nc2ccc3sc(C)nc3c2)cc(-c2ccccc2)n1. The van der Waals surface area contributed by atoms with E-state index in [-0.39, 0.29) is 0 Å². The zero-order valence-electron chi connectivity index (χ0n) is 16.2. The van der Waals surface area contributed by atoms with Crippen LogP contribution in [0.5, 0.6) is 0 Å². The van der Waals surface area contributed by atoms with Gasteiger partial charge < -0.3 is 10.6 Å². The molecule has 2 heterocycles. The molecule has 4 aromatic rings. The second-order valence-corrected chi connectivity index (χ2v) is 8.06. The molecule has 2 aromatic heterocycles. The van der Waals surface area contributed by atoms with E-state index in [2.05, 4.69) is 64.8 Å². The highest BCUT2D eigenvalue weighted by Gasteiger charge is 2.10. The van der Waals surface area contributed by atoms with Gasteiger partial charge in [-0.05, 0) is 38.5 Å². The van der Waals surface area contributed by atoms with Crippen LogP contribution in [0.2, 0.25) is 0 Å². The lowest BCUT2D eigenvalue weighted by atomic mass is 10.1. The van der Waals surface area contributed by atoms with Gasteiger partial charge in [-0.25, -0.2) is 9.97 Å². The Balaban J connectivity index is 1.70. The lowest BCUT2D eigenvalue weighted by Gasteiger charge is -2.14. The molecule has 0 saturated carbocycles. The lowest BCUT2D eigenvalue weighted by Crippen LogP contribution is -2.16. The molecule has 6 heteroatoms. The zero-order valence-corrected chi connectivity index (χ0v) is 17.0. The van der Waals surface area contributed by atoms with Crippen molar-refractivity contribution in [3.05, 3.63) is 59.6 Å². The standard InChI is InChI=1S/C22H23N5S/c1-4-14(2)23-22-26-18(16-8-6-5-7-9-16)13-21(27-22)25-17-10-11-20-19(12-17)24-15(3)28-20/h5-14H,4H2,1-3H3,(H2,23,25,26,27)/t14-/m0/s1. The molecule has 0 radical (unpaired) electrons. The van der Waals surface area contributed by atoms with Crippen LogP contribution >= 0.6 is 11.3 Å².